The first-order valence-electron chi connectivity index (χ1n) is 39.6. The summed E-state index contributed by atoms with van der Waals surface area (Å²) >= 11 is 0. The zero-order valence-corrected chi connectivity index (χ0v) is 63.1. The van der Waals surface area contributed by atoms with E-state index in [-0.39, 0.29) is 30.2 Å². The second kappa shape index (κ2) is 70.7. The number of allylic oxidation sites excluding steroid dienone is 2. The van der Waals surface area contributed by atoms with Gasteiger partial charge >= 0.3 is 11.9 Å². The summed E-state index contributed by atoms with van der Waals surface area (Å²) in [5.74, 6) is 1.36. The number of unbranched alkanes of at least 4 members (excludes halogenated alkanes) is 32. The quantitative estimate of drug-likeness (QED) is 0.0196. The molecular formula is C78H149N5O9S2. The highest BCUT2D eigenvalue weighted by Crippen LogP contribution is 2.25. The Morgan fingerprint density at radius 3 is 1.38 bits per heavy atom. The normalized spacial score (nSPS) is 14.0. The number of rotatable bonds is 72. The summed E-state index contributed by atoms with van der Waals surface area (Å²) in [5, 5.41) is 28.7. The second-order valence-electron chi connectivity index (χ2n) is 27.3. The van der Waals surface area contributed by atoms with Crippen molar-refractivity contribution in [3.8, 4) is 0 Å². The van der Waals surface area contributed by atoms with E-state index in [1.807, 2.05) is 22.9 Å². The molecular weight excluding hydrogens is 1220 g/mol. The van der Waals surface area contributed by atoms with E-state index in [1.54, 1.807) is 10.8 Å². The van der Waals surface area contributed by atoms with Crippen molar-refractivity contribution in [2.75, 3.05) is 103 Å². The first-order valence-corrected chi connectivity index (χ1v) is 42.1. The molecule has 1 saturated heterocycles. The lowest BCUT2D eigenvalue weighted by Gasteiger charge is -2.27. The molecule has 1 aliphatic rings. The van der Waals surface area contributed by atoms with Gasteiger partial charge in [-0.1, -0.05) is 253 Å². The molecule has 3 unspecified atom stereocenters. The van der Waals surface area contributed by atoms with Crippen molar-refractivity contribution in [2.24, 2.45) is 0 Å². The van der Waals surface area contributed by atoms with Gasteiger partial charge in [0.15, 0.2) is 0 Å². The van der Waals surface area contributed by atoms with Crippen LogP contribution in [0, 0.1) is 0 Å². The number of aliphatic hydroxyl groups is 2. The molecule has 14 nitrogen and oxygen atoms in total. The monoisotopic (exact) mass is 1360 g/mol. The summed E-state index contributed by atoms with van der Waals surface area (Å²) in [7, 11) is 3.66. The number of morpholine rings is 1. The van der Waals surface area contributed by atoms with Crippen LogP contribution in [0.15, 0.2) is 24.3 Å². The van der Waals surface area contributed by atoms with Crippen LogP contribution in [0.5, 0.6) is 0 Å². The van der Waals surface area contributed by atoms with Gasteiger partial charge in [-0.2, -0.15) is 0 Å². The molecule has 3 atom stereocenters. The average molecular weight is 1370 g/mol. The summed E-state index contributed by atoms with van der Waals surface area (Å²) < 4.78 is 16.4. The molecule has 0 aromatic rings. The molecule has 0 aliphatic carbocycles. The van der Waals surface area contributed by atoms with Crippen molar-refractivity contribution >= 4 is 45.3 Å². The van der Waals surface area contributed by atoms with Crippen LogP contribution in [0.3, 0.4) is 0 Å². The molecule has 0 saturated carbocycles. The minimum absolute atomic E-state index is 0.0919. The van der Waals surface area contributed by atoms with Crippen molar-refractivity contribution in [1.82, 2.24) is 25.3 Å². The fraction of sp³-hybridized carbons (Fsp3) is 0.897. The molecule has 94 heavy (non-hydrogen) atoms. The SMILES string of the molecule is CCCCCC/C=C\COC(=O)CCCCCCCN(CCCCCCCC(=O)OC/C=C\CCCCCC)CCCCSSCCC(NC(=O)CCCN(CC(O)CCCCCCCCCC)CC(O)CCCCCCCCCC)C(=O)NCCCCN1CCOCC1. The van der Waals surface area contributed by atoms with Gasteiger partial charge in [0.25, 0.3) is 0 Å². The Morgan fingerprint density at radius 2 is 0.883 bits per heavy atom. The number of hydrogen-bond donors (Lipinski definition) is 4. The fourth-order valence-electron chi connectivity index (χ4n) is 12.2. The predicted molar refractivity (Wildman–Crippen MR) is 402 cm³/mol. The lowest BCUT2D eigenvalue weighted by molar-refractivity contribution is -0.143. The Balaban J connectivity index is 2.77. The number of carbonyl (C=O) groups excluding carboxylic acids is 4. The van der Waals surface area contributed by atoms with Gasteiger partial charge in [-0.3, -0.25) is 29.0 Å². The number of esters is 2. The number of carbonyl (C=O) groups is 4. The molecule has 1 rings (SSSR count). The fourth-order valence-corrected chi connectivity index (χ4v) is 14.5. The van der Waals surface area contributed by atoms with Gasteiger partial charge in [0, 0.05) is 63.5 Å². The molecule has 1 fully saturated rings. The minimum Gasteiger partial charge on any atom is -0.461 e. The van der Waals surface area contributed by atoms with Crippen LogP contribution in [0.1, 0.15) is 329 Å². The van der Waals surface area contributed by atoms with Crippen LogP contribution < -0.4 is 10.6 Å². The summed E-state index contributed by atoms with van der Waals surface area (Å²) in [6.45, 7) is 19.6. The summed E-state index contributed by atoms with van der Waals surface area (Å²) in [5.41, 5.74) is 0. The molecule has 0 bridgehead atoms. The van der Waals surface area contributed by atoms with E-state index in [0.29, 0.717) is 65.1 Å². The van der Waals surface area contributed by atoms with E-state index in [2.05, 4.69) is 65.2 Å². The topological polar surface area (TPSA) is 170 Å². The smallest absolute Gasteiger partial charge is 0.306 e. The van der Waals surface area contributed by atoms with Gasteiger partial charge in [0.05, 0.1) is 25.4 Å². The van der Waals surface area contributed by atoms with E-state index < -0.39 is 18.2 Å². The number of nitrogens with one attached hydrogen (secondary N) is 2. The van der Waals surface area contributed by atoms with Crippen molar-refractivity contribution in [1.29, 1.82) is 0 Å². The molecule has 1 aliphatic heterocycles. The zero-order valence-electron chi connectivity index (χ0n) is 61.5. The minimum atomic E-state index is -0.608. The van der Waals surface area contributed by atoms with Crippen LogP contribution in [-0.2, 0) is 33.4 Å². The molecule has 16 heteroatoms. The van der Waals surface area contributed by atoms with Gasteiger partial charge in [0.1, 0.15) is 19.3 Å². The van der Waals surface area contributed by atoms with Crippen LogP contribution in [-0.4, -0.2) is 170 Å². The van der Waals surface area contributed by atoms with E-state index in [0.717, 1.165) is 205 Å². The molecule has 0 aromatic carbocycles. The van der Waals surface area contributed by atoms with Crippen molar-refractivity contribution in [3.63, 3.8) is 0 Å². The molecule has 0 radical (unpaired) electrons. The van der Waals surface area contributed by atoms with E-state index >= 15 is 0 Å². The summed E-state index contributed by atoms with van der Waals surface area (Å²) in [6, 6.07) is -0.608. The number of amides is 2. The lowest BCUT2D eigenvalue weighted by atomic mass is 10.0. The van der Waals surface area contributed by atoms with Gasteiger partial charge in [0.2, 0.25) is 11.8 Å². The Hall–Kier alpha value is -2.18. The third kappa shape index (κ3) is 62.1. The van der Waals surface area contributed by atoms with Gasteiger partial charge in [-0.05, 0) is 135 Å². The highest BCUT2D eigenvalue weighted by molar-refractivity contribution is 8.76. The largest absolute Gasteiger partial charge is 0.461 e. The van der Waals surface area contributed by atoms with Crippen molar-refractivity contribution < 1.29 is 43.6 Å². The van der Waals surface area contributed by atoms with E-state index in [1.165, 1.54) is 128 Å². The highest BCUT2D eigenvalue weighted by atomic mass is 33.1. The molecule has 1 heterocycles. The summed E-state index contributed by atoms with van der Waals surface area (Å²) in [6.07, 6.45) is 57.7. The number of aliphatic hydroxyl groups excluding tert-OH is 2. The maximum absolute atomic E-state index is 13.8. The maximum atomic E-state index is 13.8. The Bertz CT molecular complexity index is 1660. The van der Waals surface area contributed by atoms with Crippen molar-refractivity contribution in [3.05, 3.63) is 24.3 Å². The molecule has 0 spiro atoms. The number of nitrogens with zero attached hydrogens (tertiary/aromatic N) is 3. The lowest BCUT2D eigenvalue weighted by Crippen LogP contribution is -2.47. The van der Waals surface area contributed by atoms with Gasteiger partial charge < -0.3 is 40.0 Å². The standard InChI is InChI=1S/C78H149N5O9S2/c1-5-9-13-17-21-23-29-37-50-72(84)70-83(71-73(85)51-38-30-24-22-18-14-10-6-2)61-49-52-75(86)80-74(78(89)79-56-41-44-59-82-62-66-90-67-63-82)55-69-94-93-68-48-45-60-81(57-42-33-27-31-39-53-76(87)91-64-46-35-25-19-15-11-7-3)58-43-34-28-32-40-54-77(88)92-65-47-36-26-20-16-12-8-4/h35-36,46-47,72-74,84-85H,5-34,37-45,48-71H2,1-4H3,(H,79,89)(H,80,86)/b46-35-,47-36-. The van der Waals surface area contributed by atoms with Crippen LogP contribution in [0.2, 0.25) is 0 Å². The Kier molecular flexibility index (Phi) is 67.5. The van der Waals surface area contributed by atoms with E-state index in [9.17, 15) is 29.4 Å². The molecule has 0 aromatic heterocycles. The first-order chi connectivity index (χ1) is 46.1. The Morgan fingerprint density at radius 1 is 0.457 bits per heavy atom. The molecule has 552 valence electrons. The Labute approximate surface area is 586 Å². The third-order valence-corrected chi connectivity index (χ3v) is 20.8. The maximum Gasteiger partial charge on any atom is 0.306 e. The number of hydrogen-bond acceptors (Lipinski definition) is 14. The number of ether oxygens (including phenoxy) is 3. The summed E-state index contributed by atoms with van der Waals surface area (Å²) in [4.78, 5) is 59.4. The predicted octanol–water partition coefficient (Wildman–Crippen LogP) is 18.2. The highest BCUT2D eigenvalue weighted by Gasteiger charge is 2.22. The van der Waals surface area contributed by atoms with E-state index in [4.69, 9.17) is 14.2 Å². The van der Waals surface area contributed by atoms with Gasteiger partial charge in [-0.25, -0.2) is 0 Å². The van der Waals surface area contributed by atoms with Crippen LogP contribution in [0.25, 0.3) is 0 Å². The van der Waals surface area contributed by atoms with Crippen LogP contribution >= 0.6 is 21.6 Å². The second-order valence-corrected chi connectivity index (χ2v) is 30.0. The average Bonchev–Trinajstić information content (AvgIpc) is 3.05. The van der Waals surface area contributed by atoms with Crippen LogP contribution in [0.4, 0.5) is 0 Å². The molecule has 4 N–H and O–H groups in total. The van der Waals surface area contributed by atoms with Gasteiger partial charge in [-0.15, -0.1) is 0 Å². The first kappa shape index (κ1) is 89.8. The molecule has 2 amide bonds. The zero-order chi connectivity index (χ0) is 68.1. The third-order valence-electron chi connectivity index (χ3n) is 18.3. The van der Waals surface area contributed by atoms with Crippen molar-refractivity contribution in [2.45, 2.75) is 348 Å².